The number of pyridine rings is 1. The van der Waals surface area contributed by atoms with Gasteiger partial charge in [-0.2, -0.15) is 0 Å². The molecular formula is C13H22N4O2. The fourth-order valence-electron chi connectivity index (χ4n) is 1.73. The van der Waals surface area contributed by atoms with Crippen molar-refractivity contribution in [2.45, 2.75) is 39.7 Å². The van der Waals surface area contributed by atoms with Crippen molar-refractivity contribution in [3.8, 4) is 0 Å². The Hall–Kier alpha value is -1.85. The maximum absolute atomic E-state index is 10.8. The van der Waals surface area contributed by atoms with Crippen LogP contribution in [-0.2, 0) is 0 Å². The third-order valence-corrected chi connectivity index (χ3v) is 2.85. The van der Waals surface area contributed by atoms with Gasteiger partial charge in [0.25, 0.3) is 5.69 Å². The Labute approximate surface area is 113 Å². The summed E-state index contributed by atoms with van der Waals surface area (Å²) >= 11 is 0. The van der Waals surface area contributed by atoms with Gasteiger partial charge in [0, 0.05) is 13.1 Å². The minimum absolute atomic E-state index is 0.0397. The van der Waals surface area contributed by atoms with E-state index in [9.17, 15) is 10.1 Å². The van der Waals surface area contributed by atoms with E-state index in [1.54, 1.807) is 7.05 Å². The number of rotatable bonds is 7. The molecule has 1 unspecified atom stereocenters. The van der Waals surface area contributed by atoms with Crippen LogP contribution in [0.3, 0.4) is 0 Å². The van der Waals surface area contributed by atoms with Crippen LogP contribution in [0.5, 0.6) is 0 Å². The molecular weight excluding hydrogens is 244 g/mol. The second-order valence-electron chi connectivity index (χ2n) is 5.12. The maximum atomic E-state index is 10.8. The first-order valence-electron chi connectivity index (χ1n) is 6.53. The summed E-state index contributed by atoms with van der Waals surface area (Å²) in [6.07, 6.45) is 2.12. The summed E-state index contributed by atoms with van der Waals surface area (Å²) < 4.78 is 0. The fraction of sp³-hybridized carbons (Fsp3) is 0.615. The van der Waals surface area contributed by atoms with Gasteiger partial charge in [-0.15, -0.1) is 0 Å². The Morgan fingerprint density at radius 3 is 2.42 bits per heavy atom. The molecule has 0 fully saturated rings. The minimum atomic E-state index is -0.410. The first-order valence-corrected chi connectivity index (χ1v) is 6.53. The molecule has 6 nitrogen and oxygen atoms in total. The van der Waals surface area contributed by atoms with E-state index >= 15 is 0 Å². The summed E-state index contributed by atoms with van der Waals surface area (Å²) in [6, 6.07) is 3.12. The van der Waals surface area contributed by atoms with E-state index in [0.29, 0.717) is 17.6 Å². The molecule has 6 heteroatoms. The molecule has 2 N–H and O–H groups in total. The molecule has 0 bridgehead atoms. The Morgan fingerprint density at radius 1 is 1.26 bits per heavy atom. The highest BCUT2D eigenvalue weighted by atomic mass is 16.6. The zero-order chi connectivity index (χ0) is 14.4. The van der Waals surface area contributed by atoms with E-state index in [1.165, 1.54) is 12.1 Å². The Balaban J connectivity index is 2.76. The molecule has 0 aliphatic carbocycles. The molecule has 0 saturated heterocycles. The quantitative estimate of drug-likeness (QED) is 0.585. The van der Waals surface area contributed by atoms with Gasteiger partial charge in [-0.3, -0.25) is 10.1 Å². The molecule has 1 atom stereocenters. The molecule has 1 rings (SSSR count). The lowest BCUT2D eigenvalue weighted by Gasteiger charge is -2.16. The van der Waals surface area contributed by atoms with Gasteiger partial charge in [0.05, 0.1) is 17.1 Å². The van der Waals surface area contributed by atoms with Crippen LogP contribution in [0.1, 0.15) is 33.6 Å². The lowest BCUT2D eigenvalue weighted by atomic mass is 10.0. The zero-order valence-corrected chi connectivity index (χ0v) is 11.9. The highest BCUT2D eigenvalue weighted by Gasteiger charge is 2.12. The lowest BCUT2D eigenvalue weighted by Crippen LogP contribution is -2.17. The van der Waals surface area contributed by atoms with Crippen molar-refractivity contribution >= 4 is 17.3 Å². The van der Waals surface area contributed by atoms with Crippen LogP contribution in [0.4, 0.5) is 17.3 Å². The molecule has 1 heterocycles. The predicted molar refractivity (Wildman–Crippen MR) is 77.6 cm³/mol. The molecule has 0 amide bonds. The van der Waals surface area contributed by atoms with Crippen LogP contribution in [0.2, 0.25) is 0 Å². The Bertz CT molecular complexity index is 435. The standard InChI is InChI=1S/C13H22N4O2/c1-9(2)5-6-10(3)15-13-8-11(17(18)19)7-12(14-4)16-13/h7-10H,5-6H2,1-4H3,(H2,14,15,16). The maximum Gasteiger partial charge on any atom is 0.276 e. The summed E-state index contributed by atoms with van der Waals surface area (Å²) in [6.45, 7) is 6.41. The average molecular weight is 266 g/mol. The van der Waals surface area contributed by atoms with Gasteiger partial charge < -0.3 is 10.6 Å². The van der Waals surface area contributed by atoms with E-state index in [2.05, 4.69) is 36.4 Å². The number of hydrogen-bond donors (Lipinski definition) is 2. The van der Waals surface area contributed by atoms with Crippen molar-refractivity contribution in [3.05, 3.63) is 22.2 Å². The van der Waals surface area contributed by atoms with Crippen molar-refractivity contribution in [2.24, 2.45) is 5.92 Å². The molecule has 19 heavy (non-hydrogen) atoms. The molecule has 106 valence electrons. The summed E-state index contributed by atoms with van der Waals surface area (Å²) in [4.78, 5) is 14.7. The van der Waals surface area contributed by atoms with E-state index in [-0.39, 0.29) is 11.7 Å². The number of anilines is 2. The van der Waals surface area contributed by atoms with E-state index in [1.807, 2.05) is 0 Å². The number of hydrogen-bond acceptors (Lipinski definition) is 5. The van der Waals surface area contributed by atoms with Crippen molar-refractivity contribution in [3.63, 3.8) is 0 Å². The first kappa shape index (κ1) is 15.2. The molecule has 1 aromatic rings. The van der Waals surface area contributed by atoms with Crippen molar-refractivity contribution in [2.75, 3.05) is 17.7 Å². The van der Waals surface area contributed by atoms with Crippen molar-refractivity contribution in [1.29, 1.82) is 0 Å². The largest absolute Gasteiger partial charge is 0.373 e. The van der Waals surface area contributed by atoms with E-state index < -0.39 is 4.92 Å². The zero-order valence-electron chi connectivity index (χ0n) is 11.9. The fourth-order valence-corrected chi connectivity index (χ4v) is 1.73. The van der Waals surface area contributed by atoms with Gasteiger partial charge in [-0.05, 0) is 25.7 Å². The summed E-state index contributed by atoms with van der Waals surface area (Å²) in [5.41, 5.74) is 0.0397. The van der Waals surface area contributed by atoms with Crippen molar-refractivity contribution in [1.82, 2.24) is 4.98 Å². The molecule has 0 aliphatic heterocycles. The van der Waals surface area contributed by atoms with Gasteiger partial charge in [-0.25, -0.2) is 4.98 Å². The van der Waals surface area contributed by atoms with E-state index in [4.69, 9.17) is 0 Å². The molecule has 1 aromatic heterocycles. The van der Waals surface area contributed by atoms with E-state index in [0.717, 1.165) is 12.8 Å². The van der Waals surface area contributed by atoms with Gasteiger partial charge >= 0.3 is 0 Å². The number of nitro groups is 1. The summed E-state index contributed by atoms with van der Waals surface area (Å²) in [7, 11) is 1.69. The second kappa shape index (κ2) is 6.92. The minimum Gasteiger partial charge on any atom is -0.373 e. The van der Waals surface area contributed by atoms with Crippen LogP contribution in [0.25, 0.3) is 0 Å². The van der Waals surface area contributed by atoms with Crippen LogP contribution in [0, 0.1) is 16.0 Å². The lowest BCUT2D eigenvalue weighted by molar-refractivity contribution is -0.384. The average Bonchev–Trinajstić information content (AvgIpc) is 2.35. The third kappa shape index (κ3) is 5.11. The van der Waals surface area contributed by atoms with Crippen LogP contribution in [-0.4, -0.2) is 23.0 Å². The molecule has 0 radical (unpaired) electrons. The van der Waals surface area contributed by atoms with Crippen LogP contribution in [0.15, 0.2) is 12.1 Å². The second-order valence-corrected chi connectivity index (χ2v) is 5.12. The number of aromatic nitrogens is 1. The first-order chi connectivity index (χ1) is 8.92. The number of nitrogens with zero attached hydrogens (tertiary/aromatic N) is 2. The molecule has 0 aromatic carbocycles. The molecule has 0 saturated carbocycles. The monoisotopic (exact) mass is 266 g/mol. The van der Waals surface area contributed by atoms with Crippen LogP contribution >= 0.6 is 0 Å². The van der Waals surface area contributed by atoms with Gasteiger partial charge in [0.1, 0.15) is 11.6 Å². The topological polar surface area (TPSA) is 80.1 Å². The third-order valence-electron chi connectivity index (χ3n) is 2.85. The van der Waals surface area contributed by atoms with Crippen molar-refractivity contribution < 1.29 is 4.92 Å². The normalized spacial score (nSPS) is 12.3. The SMILES string of the molecule is CNc1cc([N+](=O)[O-])cc(NC(C)CCC(C)C)n1. The summed E-state index contributed by atoms with van der Waals surface area (Å²) in [5.74, 6) is 1.68. The van der Waals surface area contributed by atoms with Crippen LogP contribution < -0.4 is 10.6 Å². The highest BCUT2D eigenvalue weighted by molar-refractivity contribution is 5.54. The smallest absolute Gasteiger partial charge is 0.276 e. The van der Waals surface area contributed by atoms with Gasteiger partial charge in [0.15, 0.2) is 0 Å². The highest BCUT2D eigenvalue weighted by Crippen LogP contribution is 2.21. The van der Waals surface area contributed by atoms with Gasteiger partial charge in [0.2, 0.25) is 0 Å². The Morgan fingerprint density at radius 2 is 1.89 bits per heavy atom. The Kier molecular flexibility index (Phi) is 5.54. The molecule has 0 aliphatic rings. The number of nitrogens with one attached hydrogen (secondary N) is 2. The summed E-state index contributed by atoms with van der Waals surface area (Å²) in [5, 5.41) is 16.9. The molecule has 0 spiro atoms. The predicted octanol–water partition coefficient (Wildman–Crippen LogP) is 3.27. The van der Waals surface area contributed by atoms with Gasteiger partial charge in [-0.1, -0.05) is 13.8 Å².